The minimum atomic E-state index is -3.42. The molecule has 29 heavy (non-hydrogen) atoms. The minimum Gasteiger partial charge on any atom is -0.364 e. The molecule has 1 aliphatic heterocycles. The number of hydrogen-bond acceptors (Lipinski definition) is 7. The molecule has 0 saturated carbocycles. The Hall–Kier alpha value is -2.44. The van der Waals surface area contributed by atoms with Gasteiger partial charge >= 0.3 is 0 Å². The summed E-state index contributed by atoms with van der Waals surface area (Å²) in [6.45, 7) is 5.18. The van der Waals surface area contributed by atoms with Gasteiger partial charge in [0.05, 0.1) is 17.9 Å². The van der Waals surface area contributed by atoms with Crippen molar-refractivity contribution in [2.45, 2.75) is 19.2 Å². The van der Waals surface area contributed by atoms with E-state index in [1.807, 2.05) is 29.1 Å². The second-order valence-corrected chi connectivity index (χ2v) is 9.47. The zero-order chi connectivity index (χ0) is 20.3. The first kappa shape index (κ1) is 19.9. The summed E-state index contributed by atoms with van der Waals surface area (Å²) < 4.78 is 33.4. The maximum atomic E-state index is 12.6. The highest BCUT2D eigenvalue weighted by atomic mass is 32.2. The van der Waals surface area contributed by atoms with E-state index >= 15 is 0 Å². The molecule has 4 rings (SSSR count). The van der Waals surface area contributed by atoms with Crippen LogP contribution in [0.3, 0.4) is 0 Å². The van der Waals surface area contributed by atoms with E-state index in [2.05, 4.69) is 20.4 Å². The lowest BCUT2D eigenvalue weighted by atomic mass is 10.4. The van der Waals surface area contributed by atoms with E-state index in [9.17, 15) is 8.42 Å². The highest BCUT2D eigenvalue weighted by molar-refractivity contribution is 7.88. The molecule has 0 aromatic carbocycles. The summed E-state index contributed by atoms with van der Waals surface area (Å²) in [6.07, 6.45) is 5.34. The second-order valence-electron chi connectivity index (χ2n) is 6.63. The normalized spacial score (nSPS) is 16.6. The molecule has 156 valence electrons. The quantitative estimate of drug-likeness (QED) is 0.453. The monoisotopic (exact) mass is 437 g/mol. The van der Waals surface area contributed by atoms with Crippen molar-refractivity contribution < 1.29 is 12.9 Å². The third-order valence-electron chi connectivity index (χ3n) is 4.62. The topological polar surface area (TPSA) is 108 Å². The molecule has 0 bridgehead atoms. The van der Waals surface area contributed by atoms with E-state index in [0.717, 1.165) is 23.2 Å². The molecule has 12 heteroatoms. The second kappa shape index (κ2) is 8.51. The van der Waals surface area contributed by atoms with E-state index in [1.165, 1.54) is 10.6 Å². The third-order valence-corrected chi connectivity index (χ3v) is 7.21. The Morgan fingerprint density at radius 1 is 1.31 bits per heavy atom. The molecule has 4 heterocycles. The standard InChI is InChI=1S/C17H23N7O3S2/c1-2-18-16(19-11-15-12-23-8-10-28-17(23)20-15)22-4-6-24(7-5-22)29(25,26)13-14-3-9-27-21-14/h3,8-10,12H,2,4-7,11,13H2,1H3,(H,18,19). The zero-order valence-electron chi connectivity index (χ0n) is 16.1. The number of fused-ring (bicyclic) bond motifs is 1. The van der Waals surface area contributed by atoms with E-state index in [-0.39, 0.29) is 5.75 Å². The average molecular weight is 438 g/mol. The molecule has 10 nitrogen and oxygen atoms in total. The first-order valence-electron chi connectivity index (χ1n) is 9.36. The van der Waals surface area contributed by atoms with Crippen LogP contribution in [-0.2, 0) is 22.3 Å². The summed E-state index contributed by atoms with van der Waals surface area (Å²) >= 11 is 1.59. The fraction of sp³-hybridized carbons (Fsp3) is 0.471. The van der Waals surface area contributed by atoms with Gasteiger partial charge in [-0.1, -0.05) is 5.16 Å². The first-order chi connectivity index (χ1) is 14.0. The molecule has 0 atom stereocenters. The Bertz CT molecular complexity index is 1040. The van der Waals surface area contributed by atoms with Gasteiger partial charge in [0.25, 0.3) is 0 Å². The van der Waals surface area contributed by atoms with Crippen LogP contribution in [-0.4, -0.2) is 70.8 Å². The number of piperazine rings is 1. The molecule has 1 fully saturated rings. The summed E-state index contributed by atoms with van der Waals surface area (Å²) in [6, 6.07) is 1.57. The highest BCUT2D eigenvalue weighted by Gasteiger charge is 2.29. The van der Waals surface area contributed by atoms with Crippen molar-refractivity contribution in [3.8, 4) is 0 Å². The van der Waals surface area contributed by atoms with Crippen molar-refractivity contribution in [1.82, 2.24) is 29.1 Å². The van der Waals surface area contributed by atoms with Gasteiger partial charge in [-0.3, -0.25) is 4.40 Å². The summed E-state index contributed by atoms with van der Waals surface area (Å²) in [5, 5.41) is 8.99. The van der Waals surface area contributed by atoms with Crippen LogP contribution < -0.4 is 5.32 Å². The molecule has 1 aliphatic rings. The Kier molecular flexibility index (Phi) is 5.83. The lowest BCUT2D eigenvalue weighted by molar-refractivity contribution is 0.259. The van der Waals surface area contributed by atoms with Gasteiger partial charge in [-0.25, -0.2) is 18.4 Å². The number of nitrogens with zero attached hydrogens (tertiary/aromatic N) is 6. The predicted molar refractivity (Wildman–Crippen MR) is 110 cm³/mol. The first-order valence-corrected chi connectivity index (χ1v) is 11.9. The van der Waals surface area contributed by atoms with Crippen LogP contribution in [0.5, 0.6) is 0 Å². The molecule has 0 spiro atoms. The van der Waals surface area contributed by atoms with E-state index in [1.54, 1.807) is 17.4 Å². The van der Waals surface area contributed by atoms with Crippen LogP contribution in [0.1, 0.15) is 18.3 Å². The molecule has 0 unspecified atom stereocenters. The Morgan fingerprint density at radius 2 is 2.14 bits per heavy atom. The Labute approximate surface area is 172 Å². The number of aromatic nitrogens is 3. The average Bonchev–Trinajstić information content (AvgIpc) is 3.43. The van der Waals surface area contributed by atoms with Crippen molar-refractivity contribution in [3.05, 3.63) is 41.5 Å². The van der Waals surface area contributed by atoms with Crippen LogP contribution in [0.25, 0.3) is 4.96 Å². The maximum absolute atomic E-state index is 12.6. The van der Waals surface area contributed by atoms with Gasteiger partial charge in [-0.2, -0.15) is 4.31 Å². The predicted octanol–water partition coefficient (Wildman–Crippen LogP) is 0.997. The van der Waals surface area contributed by atoms with E-state index in [4.69, 9.17) is 9.52 Å². The number of thiazole rings is 1. The number of hydrogen-bond donors (Lipinski definition) is 1. The smallest absolute Gasteiger partial charge is 0.220 e. The van der Waals surface area contributed by atoms with Gasteiger partial charge in [-0.15, -0.1) is 11.3 Å². The fourth-order valence-electron chi connectivity index (χ4n) is 3.20. The number of nitrogens with one attached hydrogen (secondary N) is 1. The molecule has 3 aromatic rings. The Balaban J connectivity index is 1.38. The fourth-order valence-corrected chi connectivity index (χ4v) is 5.35. The molecule has 0 amide bonds. The summed E-state index contributed by atoms with van der Waals surface area (Å²) in [4.78, 5) is 12.3. The number of rotatable bonds is 6. The van der Waals surface area contributed by atoms with Gasteiger partial charge in [0, 0.05) is 56.6 Å². The number of sulfonamides is 1. The van der Waals surface area contributed by atoms with Crippen LogP contribution in [0, 0.1) is 0 Å². The van der Waals surface area contributed by atoms with Crippen molar-refractivity contribution >= 4 is 32.3 Å². The van der Waals surface area contributed by atoms with Crippen molar-refractivity contribution in [3.63, 3.8) is 0 Å². The van der Waals surface area contributed by atoms with Gasteiger partial charge in [-0.05, 0) is 6.92 Å². The van der Waals surface area contributed by atoms with Crippen LogP contribution in [0.4, 0.5) is 0 Å². The number of aliphatic imine (C=N–C) groups is 1. The summed E-state index contributed by atoms with van der Waals surface area (Å²) in [5.41, 5.74) is 1.32. The van der Waals surface area contributed by atoms with Crippen molar-refractivity contribution in [2.24, 2.45) is 4.99 Å². The van der Waals surface area contributed by atoms with Gasteiger partial charge < -0.3 is 14.7 Å². The minimum absolute atomic E-state index is 0.144. The largest absolute Gasteiger partial charge is 0.364 e. The molecule has 0 aliphatic carbocycles. The SMILES string of the molecule is CCNC(=NCc1cn2ccsc2n1)N1CCN(S(=O)(=O)Cc2ccon2)CC1. The molecular formula is C17H23N7O3S2. The van der Waals surface area contributed by atoms with E-state index in [0.29, 0.717) is 38.4 Å². The number of guanidine groups is 1. The van der Waals surface area contributed by atoms with Gasteiger partial charge in [0.1, 0.15) is 12.0 Å². The molecule has 1 saturated heterocycles. The van der Waals surface area contributed by atoms with Crippen LogP contribution in [0.2, 0.25) is 0 Å². The van der Waals surface area contributed by atoms with Crippen molar-refractivity contribution in [2.75, 3.05) is 32.7 Å². The van der Waals surface area contributed by atoms with Crippen molar-refractivity contribution in [1.29, 1.82) is 0 Å². The van der Waals surface area contributed by atoms with Gasteiger partial charge in [0.15, 0.2) is 10.9 Å². The van der Waals surface area contributed by atoms with Crippen LogP contribution >= 0.6 is 11.3 Å². The number of imidazole rings is 1. The summed E-state index contributed by atoms with van der Waals surface area (Å²) in [5.74, 6) is 0.632. The van der Waals surface area contributed by atoms with Crippen LogP contribution in [0.15, 0.2) is 39.6 Å². The lowest BCUT2D eigenvalue weighted by Gasteiger charge is -2.35. The molecule has 3 aromatic heterocycles. The molecule has 1 N–H and O–H groups in total. The van der Waals surface area contributed by atoms with Gasteiger partial charge in [0.2, 0.25) is 10.0 Å². The zero-order valence-corrected chi connectivity index (χ0v) is 17.7. The maximum Gasteiger partial charge on any atom is 0.220 e. The third kappa shape index (κ3) is 4.60. The Morgan fingerprint density at radius 3 is 2.83 bits per heavy atom. The summed E-state index contributed by atoms with van der Waals surface area (Å²) in [7, 11) is -3.42. The highest BCUT2D eigenvalue weighted by Crippen LogP contribution is 2.14. The lowest BCUT2D eigenvalue weighted by Crippen LogP contribution is -2.53. The molecular weight excluding hydrogens is 414 g/mol. The molecule has 0 radical (unpaired) electrons. The van der Waals surface area contributed by atoms with E-state index < -0.39 is 10.0 Å².